The molecule has 0 fully saturated rings. The predicted molar refractivity (Wildman–Crippen MR) is 92.4 cm³/mol. The van der Waals surface area contributed by atoms with Crippen molar-refractivity contribution >= 4 is 5.97 Å². The molecule has 1 aromatic heterocycles. The number of rotatable bonds is 5. The topological polar surface area (TPSA) is 59.4 Å². The Labute approximate surface area is 152 Å². The first kappa shape index (κ1) is 18.4. The van der Waals surface area contributed by atoms with E-state index in [0.717, 1.165) is 17.7 Å². The lowest BCUT2D eigenvalue weighted by Gasteiger charge is -2.14. The number of aromatic nitrogens is 1. The number of nitrogens with zero attached hydrogens (tertiary/aromatic N) is 1. The van der Waals surface area contributed by atoms with E-state index in [2.05, 4.69) is 4.98 Å². The van der Waals surface area contributed by atoms with E-state index in [4.69, 9.17) is 4.74 Å². The Bertz CT molecular complexity index is 956. The minimum absolute atomic E-state index is 0.0641. The summed E-state index contributed by atoms with van der Waals surface area (Å²) in [5.41, 5.74) is -0.616. The van der Waals surface area contributed by atoms with Gasteiger partial charge >= 0.3 is 12.1 Å². The van der Waals surface area contributed by atoms with Crippen molar-refractivity contribution in [3.63, 3.8) is 0 Å². The van der Waals surface area contributed by atoms with Gasteiger partial charge in [0.15, 0.2) is 0 Å². The molecule has 3 aromatic rings. The monoisotopic (exact) mass is 373 g/mol. The van der Waals surface area contributed by atoms with Gasteiger partial charge in [-0.2, -0.15) is 13.2 Å². The standard InChI is InChI=1S/C20H14F3NO3/c21-20(22,23)16-9-5-4-8-15(16)17-10-14(19(25)26)11-18(24-17)27-12-13-6-2-1-3-7-13/h1-11H,12H2,(H,25,26). The Morgan fingerprint density at radius 1 is 1.00 bits per heavy atom. The van der Waals surface area contributed by atoms with Crippen molar-refractivity contribution in [3.8, 4) is 17.1 Å². The number of hydrogen-bond donors (Lipinski definition) is 1. The van der Waals surface area contributed by atoms with E-state index >= 15 is 0 Å². The summed E-state index contributed by atoms with van der Waals surface area (Å²) in [5.74, 6) is -1.35. The molecule has 0 aliphatic carbocycles. The van der Waals surface area contributed by atoms with Crippen molar-refractivity contribution in [2.75, 3.05) is 0 Å². The molecule has 0 spiro atoms. The molecule has 0 aliphatic rings. The molecule has 1 N–H and O–H groups in total. The summed E-state index contributed by atoms with van der Waals surface area (Å²) in [6.45, 7) is 0.108. The first-order chi connectivity index (χ1) is 12.8. The fraction of sp³-hybridized carbons (Fsp3) is 0.100. The SMILES string of the molecule is O=C(O)c1cc(OCc2ccccc2)nc(-c2ccccc2C(F)(F)F)c1. The van der Waals surface area contributed by atoms with E-state index in [1.54, 1.807) is 12.1 Å². The normalized spacial score (nSPS) is 11.2. The van der Waals surface area contributed by atoms with Crippen LogP contribution in [0, 0.1) is 0 Å². The highest BCUT2D eigenvalue weighted by molar-refractivity contribution is 5.89. The van der Waals surface area contributed by atoms with Crippen LogP contribution in [0.25, 0.3) is 11.3 Å². The molecule has 0 bridgehead atoms. The maximum Gasteiger partial charge on any atom is 0.417 e. The first-order valence-corrected chi connectivity index (χ1v) is 7.93. The van der Waals surface area contributed by atoms with Crippen LogP contribution in [0.5, 0.6) is 5.88 Å². The molecular weight excluding hydrogens is 359 g/mol. The molecule has 0 atom stereocenters. The lowest BCUT2D eigenvalue weighted by Crippen LogP contribution is -2.08. The zero-order valence-electron chi connectivity index (χ0n) is 13.9. The second-order valence-corrected chi connectivity index (χ2v) is 5.70. The van der Waals surface area contributed by atoms with Crippen molar-refractivity contribution in [2.24, 2.45) is 0 Å². The molecule has 1 heterocycles. The molecular formula is C20H14F3NO3. The van der Waals surface area contributed by atoms with Crippen LogP contribution in [0.2, 0.25) is 0 Å². The van der Waals surface area contributed by atoms with Crippen LogP contribution < -0.4 is 4.74 Å². The summed E-state index contributed by atoms with van der Waals surface area (Å²) >= 11 is 0. The Morgan fingerprint density at radius 3 is 2.33 bits per heavy atom. The van der Waals surface area contributed by atoms with Gasteiger partial charge < -0.3 is 9.84 Å². The Hall–Kier alpha value is -3.35. The Balaban J connectivity index is 2.01. The van der Waals surface area contributed by atoms with Gasteiger partial charge in [-0.05, 0) is 17.7 Å². The minimum atomic E-state index is -4.59. The molecule has 0 saturated heterocycles. The highest BCUT2D eigenvalue weighted by Crippen LogP contribution is 2.37. The van der Waals surface area contributed by atoms with Crippen LogP contribution in [0.4, 0.5) is 13.2 Å². The first-order valence-electron chi connectivity index (χ1n) is 7.93. The van der Waals surface area contributed by atoms with Crippen LogP contribution in [0.3, 0.4) is 0 Å². The molecule has 0 unspecified atom stereocenters. The molecule has 0 radical (unpaired) electrons. The van der Waals surface area contributed by atoms with Gasteiger partial charge in [-0.25, -0.2) is 9.78 Å². The molecule has 7 heteroatoms. The lowest BCUT2D eigenvalue weighted by molar-refractivity contribution is -0.137. The third-order valence-electron chi connectivity index (χ3n) is 3.79. The van der Waals surface area contributed by atoms with Crippen LogP contribution in [-0.2, 0) is 12.8 Å². The number of benzene rings is 2. The fourth-order valence-corrected chi connectivity index (χ4v) is 2.53. The van der Waals surface area contributed by atoms with Crippen molar-refractivity contribution in [3.05, 3.63) is 83.4 Å². The number of alkyl halides is 3. The lowest BCUT2D eigenvalue weighted by atomic mass is 10.0. The van der Waals surface area contributed by atoms with Gasteiger partial charge in [0.25, 0.3) is 0 Å². The Morgan fingerprint density at radius 2 is 1.67 bits per heavy atom. The molecule has 0 amide bonds. The minimum Gasteiger partial charge on any atom is -0.478 e. The summed E-state index contributed by atoms with van der Waals surface area (Å²) in [4.78, 5) is 15.5. The van der Waals surface area contributed by atoms with Gasteiger partial charge in [-0.3, -0.25) is 0 Å². The molecule has 0 saturated carbocycles. The predicted octanol–water partition coefficient (Wildman–Crippen LogP) is 5.04. The average Bonchev–Trinajstić information content (AvgIpc) is 2.66. The highest BCUT2D eigenvalue weighted by atomic mass is 19.4. The third kappa shape index (κ3) is 4.44. The summed E-state index contributed by atoms with van der Waals surface area (Å²) in [5, 5.41) is 9.29. The van der Waals surface area contributed by atoms with E-state index in [9.17, 15) is 23.1 Å². The molecule has 138 valence electrons. The number of aromatic carboxylic acids is 1. The van der Waals surface area contributed by atoms with Crippen LogP contribution in [0.1, 0.15) is 21.5 Å². The van der Waals surface area contributed by atoms with E-state index in [-0.39, 0.29) is 29.3 Å². The van der Waals surface area contributed by atoms with Gasteiger partial charge in [0.05, 0.1) is 16.8 Å². The van der Waals surface area contributed by atoms with E-state index in [0.29, 0.717) is 0 Å². The largest absolute Gasteiger partial charge is 0.478 e. The summed E-state index contributed by atoms with van der Waals surface area (Å²) < 4.78 is 45.4. The summed E-state index contributed by atoms with van der Waals surface area (Å²) in [7, 11) is 0. The zero-order valence-corrected chi connectivity index (χ0v) is 13.9. The van der Waals surface area contributed by atoms with Crippen LogP contribution in [0.15, 0.2) is 66.7 Å². The molecule has 0 aliphatic heterocycles. The number of carboxylic acids is 1. The number of ether oxygens (including phenoxy) is 1. The third-order valence-corrected chi connectivity index (χ3v) is 3.79. The van der Waals surface area contributed by atoms with E-state index in [1.807, 2.05) is 18.2 Å². The maximum atomic E-state index is 13.3. The Kier molecular flexibility index (Phi) is 5.12. The second-order valence-electron chi connectivity index (χ2n) is 5.70. The van der Waals surface area contributed by atoms with Crippen molar-refractivity contribution < 1.29 is 27.8 Å². The fourth-order valence-electron chi connectivity index (χ4n) is 2.53. The summed E-state index contributed by atoms with van der Waals surface area (Å²) in [6, 6.07) is 16.2. The number of halogens is 3. The maximum absolute atomic E-state index is 13.3. The van der Waals surface area contributed by atoms with Crippen LogP contribution >= 0.6 is 0 Å². The highest BCUT2D eigenvalue weighted by Gasteiger charge is 2.33. The van der Waals surface area contributed by atoms with Crippen molar-refractivity contribution in [2.45, 2.75) is 12.8 Å². The smallest absolute Gasteiger partial charge is 0.417 e. The summed E-state index contributed by atoms with van der Waals surface area (Å²) in [6.07, 6.45) is -4.59. The van der Waals surface area contributed by atoms with Gasteiger partial charge in [0.2, 0.25) is 5.88 Å². The van der Waals surface area contributed by atoms with Crippen molar-refractivity contribution in [1.29, 1.82) is 0 Å². The molecule has 2 aromatic carbocycles. The van der Waals surface area contributed by atoms with Crippen LogP contribution in [-0.4, -0.2) is 16.1 Å². The molecule has 3 rings (SSSR count). The van der Waals surface area contributed by atoms with Gasteiger partial charge in [-0.1, -0.05) is 48.5 Å². The number of hydrogen-bond acceptors (Lipinski definition) is 3. The van der Waals surface area contributed by atoms with Crippen molar-refractivity contribution in [1.82, 2.24) is 4.98 Å². The van der Waals surface area contributed by atoms with Gasteiger partial charge in [-0.15, -0.1) is 0 Å². The second kappa shape index (κ2) is 7.49. The number of carbonyl (C=O) groups is 1. The van der Waals surface area contributed by atoms with Gasteiger partial charge in [0, 0.05) is 11.6 Å². The number of pyridine rings is 1. The van der Waals surface area contributed by atoms with E-state index in [1.165, 1.54) is 24.3 Å². The van der Waals surface area contributed by atoms with Gasteiger partial charge in [0.1, 0.15) is 6.61 Å². The average molecular weight is 373 g/mol. The molecule has 27 heavy (non-hydrogen) atoms. The zero-order chi connectivity index (χ0) is 19.4. The number of carboxylic acid groups (broad SMARTS) is 1. The van der Waals surface area contributed by atoms with E-state index < -0.39 is 17.7 Å². The quantitative estimate of drug-likeness (QED) is 0.680. The molecule has 4 nitrogen and oxygen atoms in total.